The zero-order valence-electron chi connectivity index (χ0n) is 11.6. The zero-order valence-corrected chi connectivity index (χ0v) is 12.4. The van der Waals surface area contributed by atoms with Gasteiger partial charge in [-0.1, -0.05) is 31.0 Å². The number of nitrogens with one attached hydrogen (secondary N) is 1. The lowest BCUT2D eigenvalue weighted by molar-refractivity contribution is 0.400. The van der Waals surface area contributed by atoms with E-state index in [0.29, 0.717) is 0 Å². The lowest BCUT2D eigenvalue weighted by Crippen LogP contribution is -2.32. The maximum atomic E-state index is 3.64. The molecule has 1 N–H and O–H groups in total. The van der Waals surface area contributed by atoms with Gasteiger partial charge in [0.15, 0.2) is 0 Å². The number of thioether (sulfide) groups is 1. The van der Waals surface area contributed by atoms with Gasteiger partial charge < -0.3 is 5.32 Å². The molecule has 1 aromatic carbocycles. The largest absolute Gasteiger partial charge is 0.314 e. The van der Waals surface area contributed by atoms with Crippen LogP contribution in [0.1, 0.15) is 38.2 Å². The molecule has 2 atom stereocenters. The molecular weight excluding hydrogens is 238 g/mol. The molecule has 1 fully saturated rings. The van der Waals surface area contributed by atoms with Crippen molar-refractivity contribution in [2.24, 2.45) is 5.92 Å². The molecule has 0 spiro atoms. The lowest BCUT2D eigenvalue weighted by atomic mass is 10.0. The summed E-state index contributed by atoms with van der Waals surface area (Å²) in [6.45, 7) is 5.48. The van der Waals surface area contributed by atoms with E-state index in [0.717, 1.165) is 18.5 Å². The average Bonchev–Trinajstić information content (AvgIpc) is 2.80. The van der Waals surface area contributed by atoms with Gasteiger partial charge in [-0.25, -0.2) is 0 Å². The number of hydrogen-bond acceptors (Lipinski definition) is 2. The summed E-state index contributed by atoms with van der Waals surface area (Å²) in [7, 11) is 0. The number of hydrogen-bond donors (Lipinski definition) is 1. The van der Waals surface area contributed by atoms with Crippen molar-refractivity contribution in [3.63, 3.8) is 0 Å². The molecule has 2 unspecified atom stereocenters. The highest BCUT2D eigenvalue weighted by Crippen LogP contribution is 2.30. The van der Waals surface area contributed by atoms with E-state index >= 15 is 0 Å². The van der Waals surface area contributed by atoms with Crippen LogP contribution in [-0.2, 0) is 0 Å². The second kappa shape index (κ2) is 7.20. The Morgan fingerprint density at radius 1 is 1.22 bits per heavy atom. The van der Waals surface area contributed by atoms with Crippen LogP contribution >= 0.6 is 11.8 Å². The third-order valence-electron chi connectivity index (χ3n) is 3.90. The fourth-order valence-corrected chi connectivity index (χ4v) is 3.86. The van der Waals surface area contributed by atoms with Gasteiger partial charge in [0.25, 0.3) is 0 Å². The van der Waals surface area contributed by atoms with E-state index in [9.17, 15) is 0 Å². The smallest absolute Gasteiger partial charge is 0.00955 e. The molecular formula is C16H25NS. The van der Waals surface area contributed by atoms with Gasteiger partial charge in [-0.15, -0.1) is 11.8 Å². The first-order valence-corrected chi connectivity index (χ1v) is 8.21. The van der Waals surface area contributed by atoms with Crippen molar-refractivity contribution < 1.29 is 0 Å². The fraction of sp³-hybridized carbons (Fsp3) is 0.625. The summed E-state index contributed by atoms with van der Waals surface area (Å²) >= 11 is 2.01. The van der Waals surface area contributed by atoms with Crippen molar-refractivity contribution in [3.8, 4) is 0 Å². The van der Waals surface area contributed by atoms with Gasteiger partial charge in [-0.05, 0) is 56.5 Å². The summed E-state index contributed by atoms with van der Waals surface area (Å²) < 4.78 is 0. The third kappa shape index (κ3) is 4.03. The van der Waals surface area contributed by atoms with E-state index in [4.69, 9.17) is 0 Å². The minimum absolute atomic E-state index is 0.786. The van der Waals surface area contributed by atoms with Crippen LogP contribution in [0.15, 0.2) is 29.2 Å². The summed E-state index contributed by atoms with van der Waals surface area (Å²) in [6, 6.07) is 9.69. The first-order valence-electron chi connectivity index (χ1n) is 7.22. The van der Waals surface area contributed by atoms with Crippen molar-refractivity contribution in [2.75, 3.05) is 12.3 Å². The molecule has 1 nitrogen and oxygen atoms in total. The number of benzene rings is 1. The predicted octanol–water partition coefficient (Wildman–Crippen LogP) is 4.26. The second-order valence-corrected chi connectivity index (χ2v) is 6.47. The lowest BCUT2D eigenvalue weighted by Gasteiger charge is -2.20. The molecule has 1 aliphatic rings. The molecule has 0 amide bonds. The van der Waals surface area contributed by atoms with Gasteiger partial charge in [-0.2, -0.15) is 0 Å². The normalized spacial score (nSPS) is 23.4. The van der Waals surface area contributed by atoms with Crippen molar-refractivity contribution >= 4 is 11.8 Å². The highest BCUT2D eigenvalue weighted by molar-refractivity contribution is 7.99. The molecule has 0 aliphatic heterocycles. The van der Waals surface area contributed by atoms with Crippen LogP contribution in [0.25, 0.3) is 0 Å². The van der Waals surface area contributed by atoms with Crippen LogP contribution in [0, 0.1) is 12.8 Å². The van der Waals surface area contributed by atoms with Crippen LogP contribution in [-0.4, -0.2) is 18.3 Å². The van der Waals surface area contributed by atoms with E-state index in [2.05, 4.69) is 43.4 Å². The van der Waals surface area contributed by atoms with E-state index in [1.165, 1.54) is 41.9 Å². The topological polar surface area (TPSA) is 12.0 Å². The summed E-state index contributed by atoms with van der Waals surface area (Å²) in [5.74, 6) is 2.17. The Bertz CT molecular complexity index is 347. The molecule has 0 aromatic heterocycles. The summed E-state index contributed by atoms with van der Waals surface area (Å²) in [4.78, 5) is 1.42. The first-order chi connectivity index (χ1) is 8.79. The van der Waals surface area contributed by atoms with Gasteiger partial charge >= 0.3 is 0 Å². The quantitative estimate of drug-likeness (QED) is 0.770. The van der Waals surface area contributed by atoms with Gasteiger partial charge in [0.1, 0.15) is 0 Å². The Hall–Kier alpha value is -0.470. The Morgan fingerprint density at radius 3 is 2.72 bits per heavy atom. The van der Waals surface area contributed by atoms with Crippen LogP contribution < -0.4 is 5.32 Å². The molecule has 2 rings (SSSR count). The monoisotopic (exact) mass is 263 g/mol. The fourth-order valence-electron chi connectivity index (χ4n) is 2.88. The van der Waals surface area contributed by atoms with Gasteiger partial charge in [0.2, 0.25) is 0 Å². The Labute approximate surface area is 116 Å². The third-order valence-corrected chi connectivity index (χ3v) is 4.95. The maximum absolute atomic E-state index is 3.64. The number of aryl methyl sites for hydroxylation is 1. The van der Waals surface area contributed by atoms with Crippen molar-refractivity contribution in [3.05, 3.63) is 29.8 Å². The van der Waals surface area contributed by atoms with Crippen LogP contribution in [0.3, 0.4) is 0 Å². The summed E-state index contributed by atoms with van der Waals surface area (Å²) in [5, 5.41) is 3.64. The molecule has 1 aromatic rings. The maximum Gasteiger partial charge on any atom is 0.00955 e. The Kier molecular flexibility index (Phi) is 5.58. The predicted molar refractivity (Wildman–Crippen MR) is 81.3 cm³/mol. The molecule has 2 heteroatoms. The molecule has 0 saturated heterocycles. The molecule has 18 heavy (non-hydrogen) atoms. The van der Waals surface area contributed by atoms with Crippen molar-refractivity contribution in [2.45, 2.75) is 50.5 Å². The van der Waals surface area contributed by atoms with Gasteiger partial charge in [0, 0.05) is 10.9 Å². The molecule has 100 valence electrons. The molecule has 1 saturated carbocycles. The second-order valence-electron chi connectivity index (χ2n) is 5.31. The zero-order chi connectivity index (χ0) is 12.8. The SMILES string of the molecule is CCNC1CCCC1CCSc1ccc(C)cc1. The molecule has 0 heterocycles. The summed E-state index contributed by atoms with van der Waals surface area (Å²) in [6.07, 6.45) is 5.58. The molecule has 1 aliphatic carbocycles. The Morgan fingerprint density at radius 2 is 2.00 bits per heavy atom. The minimum Gasteiger partial charge on any atom is -0.314 e. The van der Waals surface area contributed by atoms with Crippen LogP contribution in [0.2, 0.25) is 0 Å². The van der Waals surface area contributed by atoms with Crippen molar-refractivity contribution in [1.29, 1.82) is 0 Å². The van der Waals surface area contributed by atoms with Crippen LogP contribution in [0.4, 0.5) is 0 Å². The van der Waals surface area contributed by atoms with E-state index in [1.54, 1.807) is 0 Å². The highest BCUT2D eigenvalue weighted by Gasteiger charge is 2.25. The average molecular weight is 263 g/mol. The highest BCUT2D eigenvalue weighted by atomic mass is 32.2. The standard InChI is InChI=1S/C16H25NS/c1-3-17-16-6-4-5-14(16)11-12-18-15-9-7-13(2)8-10-15/h7-10,14,16-17H,3-6,11-12H2,1-2H3. The van der Waals surface area contributed by atoms with Crippen molar-refractivity contribution in [1.82, 2.24) is 5.32 Å². The van der Waals surface area contributed by atoms with Gasteiger partial charge in [-0.3, -0.25) is 0 Å². The van der Waals surface area contributed by atoms with E-state index in [1.807, 2.05) is 11.8 Å². The molecule has 0 bridgehead atoms. The van der Waals surface area contributed by atoms with E-state index in [-0.39, 0.29) is 0 Å². The Balaban J connectivity index is 1.73. The number of rotatable bonds is 6. The molecule has 0 radical (unpaired) electrons. The minimum atomic E-state index is 0.786. The summed E-state index contributed by atoms with van der Waals surface area (Å²) in [5.41, 5.74) is 1.35. The first kappa shape index (κ1) is 14.0. The van der Waals surface area contributed by atoms with Crippen LogP contribution in [0.5, 0.6) is 0 Å². The van der Waals surface area contributed by atoms with Gasteiger partial charge in [0.05, 0.1) is 0 Å². The van der Waals surface area contributed by atoms with E-state index < -0.39 is 0 Å².